The first-order chi connectivity index (χ1) is 14.6. The molecule has 1 aliphatic rings. The van der Waals surface area contributed by atoms with Gasteiger partial charge in [0.05, 0.1) is 5.56 Å². The summed E-state index contributed by atoms with van der Waals surface area (Å²) in [5.41, 5.74) is 1.89. The number of fused-ring (bicyclic) bond motifs is 2. The molecule has 152 valence electrons. The number of amides is 1. The summed E-state index contributed by atoms with van der Waals surface area (Å²) in [5, 5.41) is 10.7. The number of rotatable bonds is 4. The van der Waals surface area contributed by atoms with Crippen molar-refractivity contribution in [1.29, 1.82) is 0 Å². The smallest absolute Gasteiger partial charge is 0.257 e. The lowest BCUT2D eigenvalue weighted by atomic mass is 10.1. The van der Waals surface area contributed by atoms with Crippen LogP contribution in [0.25, 0.3) is 21.9 Å². The van der Waals surface area contributed by atoms with Crippen molar-refractivity contribution < 1.29 is 13.9 Å². The van der Waals surface area contributed by atoms with Crippen LogP contribution in [0.15, 0.2) is 42.9 Å². The maximum absolute atomic E-state index is 14.3. The summed E-state index contributed by atoms with van der Waals surface area (Å²) in [6.45, 7) is 1.68. The molecule has 5 rings (SSSR count). The average Bonchev–Trinajstić information content (AvgIpc) is 3.37. The van der Waals surface area contributed by atoms with Crippen molar-refractivity contribution >= 4 is 33.5 Å². The first kappa shape index (κ1) is 18.4. The standard InChI is InChI=1S/C21H19FN6O2/c1-28-11-12-8-13(9-16(22)18(12)27-28)26-21(29)15-2-3-17(30-14-4-5-23-10-14)20-19(15)24-6-7-25-20/h2-3,6-9,11,14,23H,4-5,10H2,1H3,(H,26,29)/t14-/m1/s1. The van der Waals surface area contributed by atoms with Gasteiger partial charge >= 0.3 is 0 Å². The first-order valence-electron chi connectivity index (χ1n) is 9.64. The zero-order valence-corrected chi connectivity index (χ0v) is 16.2. The number of carbonyl (C=O) groups excluding carboxylic acids is 1. The zero-order valence-electron chi connectivity index (χ0n) is 16.2. The summed E-state index contributed by atoms with van der Waals surface area (Å²) in [4.78, 5) is 21.7. The lowest BCUT2D eigenvalue weighted by Gasteiger charge is -2.15. The third kappa shape index (κ3) is 3.33. The van der Waals surface area contributed by atoms with E-state index in [1.807, 2.05) is 0 Å². The lowest BCUT2D eigenvalue weighted by molar-refractivity contribution is 0.102. The van der Waals surface area contributed by atoms with Crippen LogP contribution in [-0.4, -0.2) is 44.8 Å². The van der Waals surface area contributed by atoms with Crippen LogP contribution in [0, 0.1) is 5.82 Å². The molecule has 1 saturated heterocycles. The number of carbonyl (C=O) groups is 1. The highest BCUT2D eigenvalue weighted by Gasteiger charge is 2.20. The topological polar surface area (TPSA) is 94.0 Å². The minimum absolute atomic E-state index is 0.0593. The maximum atomic E-state index is 14.3. The van der Waals surface area contributed by atoms with E-state index in [-0.39, 0.29) is 11.6 Å². The van der Waals surface area contributed by atoms with Crippen LogP contribution in [0.5, 0.6) is 5.75 Å². The fourth-order valence-electron chi connectivity index (χ4n) is 3.70. The molecule has 0 unspecified atom stereocenters. The van der Waals surface area contributed by atoms with Crippen molar-refractivity contribution in [2.24, 2.45) is 7.05 Å². The van der Waals surface area contributed by atoms with Crippen LogP contribution in [0.2, 0.25) is 0 Å². The van der Waals surface area contributed by atoms with Gasteiger partial charge in [-0.05, 0) is 37.2 Å². The Morgan fingerprint density at radius 1 is 1.23 bits per heavy atom. The second kappa shape index (κ2) is 7.34. The molecule has 4 aromatic rings. The molecule has 1 fully saturated rings. The van der Waals surface area contributed by atoms with Crippen LogP contribution in [0.1, 0.15) is 16.8 Å². The highest BCUT2D eigenvalue weighted by atomic mass is 19.1. The summed E-state index contributed by atoms with van der Waals surface area (Å²) in [6.07, 6.45) is 5.76. The number of benzene rings is 2. The van der Waals surface area contributed by atoms with Crippen LogP contribution in [-0.2, 0) is 7.05 Å². The molecule has 2 N–H and O–H groups in total. The molecular formula is C21H19FN6O2. The van der Waals surface area contributed by atoms with Crippen LogP contribution in [0.3, 0.4) is 0 Å². The largest absolute Gasteiger partial charge is 0.487 e. The molecule has 1 amide bonds. The van der Waals surface area contributed by atoms with E-state index in [4.69, 9.17) is 4.74 Å². The highest BCUT2D eigenvalue weighted by Crippen LogP contribution is 2.28. The Hall–Kier alpha value is -3.59. The monoisotopic (exact) mass is 406 g/mol. The predicted molar refractivity (Wildman–Crippen MR) is 110 cm³/mol. The second-order valence-corrected chi connectivity index (χ2v) is 7.25. The van der Waals surface area contributed by atoms with Crippen molar-refractivity contribution in [2.75, 3.05) is 18.4 Å². The molecule has 0 aliphatic carbocycles. The number of hydrogen-bond acceptors (Lipinski definition) is 6. The average molecular weight is 406 g/mol. The van der Waals surface area contributed by atoms with Gasteiger partial charge in [0, 0.05) is 43.3 Å². The second-order valence-electron chi connectivity index (χ2n) is 7.25. The Kier molecular flexibility index (Phi) is 4.51. The Morgan fingerprint density at radius 3 is 2.87 bits per heavy atom. The van der Waals surface area contributed by atoms with Crippen molar-refractivity contribution in [3.63, 3.8) is 0 Å². The minimum atomic E-state index is -0.498. The Balaban J connectivity index is 1.47. The maximum Gasteiger partial charge on any atom is 0.257 e. The quantitative estimate of drug-likeness (QED) is 0.541. The number of anilines is 1. The summed E-state index contributed by atoms with van der Waals surface area (Å²) in [7, 11) is 1.72. The van der Waals surface area contributed by atoms with Crippen molar-refractivity contribution in [2.45, 2.75) is 12.5 Å². The van der Waals surface area contributed by atoms with Gasteiger partial charge in [-0.3, -0.25) is 14.5 Å². The molecule has 2 aromatic heterocycles. The number of ether oxygens (including phenoxy) is 1. The molecule has 9 heteroatoms. The summed E-state index contributed by atoms with van der Waals surface area (Å²) >= 11 is 0. The Bertz CT molecular complexity index is 1270. The van der Waals surface area contributed by atoms with Gasteiger partial charge in [-0.2, -0.15) is 5.10 Å². The van der Waals surface area contributed by atoms with Gasteiger partial charge in [-0.15, -0.1) is 0 Å². The summed E-state index contributed by atoms with van der Waals surface area (Å²) in [6, 6.07) is 6.32. The third-order valence-electron chi connectivity index (χ3n) is 5.08. The number of hydrogen-bond donors (Lipinski definition) is 2. The van der Waals surface area contributed by atoms with Crippen molar-refractivity contribution in [3.05, 3.63) is 54.2 Å². The highest BCUT2D eigenvalue weighted by molar-refractivity contribution is 6.12. The molecule has 0 bridgehead atoms. The minimum Gasteiger partial charge on any atom is -0.487 e. The van der Waals surface area contributed by atoms with E-state index in [1.165, 1.54) is 16.9 Å². The van der Waals surface area contributed by atoms with Crippen LogP contribution >= 0.6 is 0 Å². The van der Waals surface area contributed by atoms with Gasteiger partial charge in [0.1, 0.15) is 28.4 Å². The molecule has 1 atom stereocenters. The number of aryl methyl sites for hydroxylation is 1. The van der Waals surface area contributed by atoms with E-state index < -0.39 is 11.7 Å². The number of halogens is 1. The fourth-order valence-corrected chi connectivity index (χ4v) is 3.70. The summed E-state index contributed by atoms with van der Waals surface area (Å²) < 4.78 is 21.9. The summed E-state index contributed by atoms with van der Waals surface area (Å²) in [5.74, 6) is -0.314. The van der Waals surface area contributed by atoms with Gasteiger partial charge in [-0.25, -0.2) is 9.37 Å². The van der Waals surface area contributed by atoms with Gasteiger partial charge in [0.15, 0.2) is 5.82 Å². The Labute approximate surface area is 171 Å². The molecule has 2 aromatic carbocycles. The van der Waals surface area contributed by atoms with Crippen molar-refractivity contribution in [1.82, 2.24) is 25.1 Å². The van der Waals surface area contributed by atoms with Gasteiger partial charge in [0.2, 0.25) is 0 Å². The van der Waals surface area contributed by atoms with E-state index in [0.717, 1.165) is 19.5 Å². The van der Waals surface area contributed by atoms with Crippen molar-refractivity contribution in [3.8, 4) is 5.75 Å². The van der Waals surface area contributed by atoms with E-state index in [9.17, 15) is 9.18 Å². The van der Waals surface area contributed by atoms with Gasteiger partial charge in [0.25, 0.3) is 5.91 Å². The fraction of sp³-hybridized carbons (Fsp3) is 0.238. The molecular weight excluding hydrogens is 387 g/mol. The lowest BCUT2D eigenvalue weighted by Crippen LogP contribution is -2.20. The third-order valence-corrected chi connectivity index (χ3v) is 5.08. The van der Waals surface area contributed by atoms with E-state index >= 15 is 0 Å². The molecule has 0 saturated carbocycles. The molecule has 1 aliphatic heterocycles. The van der Waals surface area contributed by atoms with E-state index in [0.29, 0.717) is 33.4 Å². The number of nitrogens with zero attached hydrogens (tertiary/aromatic N) is 4. The Morgan fingerprint density at radius 2 is 2.07 bits per heavy atom. The molecule has 8 nitrogen and oxygen atoms in total. The van der Waals surface area contributed by atoms with E-state index in [2.05, 4.69) is 25.7 Å². The normalized spacial score (nSPS) is 16.3. The number of nitrogens with one attached hydrogen (secondary N) is 2. The SMILES string of the molecule is Cn1cc2cc(NC(=O)c3ccc(O[C@@H]4CCNC4)c4nccnc34)cc(F)c2n1. The van der Waals surface area contributed by atoms with Gasteiger partial charge in [-0.1, -0.05) is 0 Å². The zero-order chi connectivity index (χ0) is 20.7. The molecule has 0 radical (unpaired) electrons. The predicted octanol–water partition coefficient (Wildman–Crippen LogP) is 2.65. The molecule has 3 heterocycles. The molecule has 0 spiro atoms. The first-order valence-corrected chi connectivity index (χ1v) is 9.64. The van der Waals surface area contributed by atoms with Crippen LogP contribution < -0.4 is 15.4 Å². The van der Waals surface area contributed by atoms with E-state index in [1.54, 1.807) is 37.6 Å². The number of aromatic nitrogens is 4. The van der Waals surface area contributed by atoms with Gasteiger partial charge < -0.3 is 15.4 Å². The van der Waals surface area contributed by atoms with Crippen LogP contribution in [0.4, 0.5) is 10.1 Å². The molecule has 30 heavy (non-hydrogen) atoms.